The first-order valence-corrected chi connectivity index (χ1v) is 6.43. The van der Waals surface area contributed by atoms with Crippen LogP contribution in [-0.4, -0.2) is 10.9 Å². The van der Waals surface area contributed by atoms with Crippen molar-refractivity contribution in [1.82, 2.24) is 4.98 Å². The lowest BCUT2D eigenvalue weighted by atomic mass is 10.2. The molecule has 1 N–H and O–H groups in total. The number of rotatable bonds is 2. The number of pyridine rings is 1. The summed E-state index contributed by atoms with van der Waals surface area (Å²) in [6, 6.07) is 10.5. The van der Waals surface area contributed by atoms with Crippen molar-refractivity contribution in [2.24, 2.45) is 0 Å². The van der Waals surface area contributed by atoms with Crippen molar-refractivity contribution in [3.05, 3.63) is 58.9 Å². The summed E-state index contributed by atoms with van der Waals surface area (Å²) >= 11 is 5.93. The number of nitrogens with zero attached hydrogens (tertiary/aromatic N) is 1. The molecule has 0 fully saturated rings. The Morgan fingerprint density at radius 2 is 2.15 bits per heavy atom. The molecule has 0 aliphatic heterocycles. The molecule has 1 amide bonds. The summed E-state index contributed by atoms with van der Waals surface area (Å²) in [6.07, 6.45) is 1.65. The topological polar surface area (TPSA) is 55.1 Å². The second-order valence-corrected chi connectivity index (χ2v) is 4.85. The highest BCUT2D eigenvalue weighted by molar-refractivity contribution is 6.31. The minimum Gasteiger partial charge on any atom is -0.449 e. The molecule has 0 saturated carbocycles. The lowest BCUT2D eigenvalue weighted by Gasteiger charge is -2.07. The lowest BCUT2D eigenvalue weighted by Crippen LogP contribution is -2.11. The van der Waals surface area contributed by atoms with E-state index in [1.807, 2.05) is 13.0 Å². The molecule has 4 nitrogen and oxygen atoms in total. The van der Waals surface area contributed by atoms with Gasteiger partial charge in [0.05, 0.1) is 0 Å². The molecule has 1 aromatic carbocycles. The van der Waals surface area contributed by atoms with Crippen LogP contribution in [0, 0.1) is 6.92 Å². The molecular weight excluding hydrogens is 276 g/mol. The smallest absolute Gasteiger partial charge is 0.291 e. The number of anilines is 1. The number of aromatic nitrogens is 1. The van der Waals surface area contributed by atoms with E-state index in [0.717, 1.165) is 5.56 Å². The quantitative estimate of drug-likeness (QED) is 0.773. The molecular formula is C15H11ClN2O2. The van der Waals surface area contributed by atoms with E-state index >= 15 is 0 Å². The van der Waals surface area contributed by atoms with Crippen LogP contribution in [0.25, 0.3) is 11.1 Å². The number of furan rings is 1. The maximum atomic E-state index is 12.2. The maximum absolute atomic E-state index is 12.2. The molecule has 0 unspecified atom stereocenters. The van der Waals surface area contributed by atoms with Crippen LogP contribution in [0.5, 0.6) is 0 Å². The molecule has 0 aliphatic carbocycles. The first-order valence-electron chi connectivity index (χ1n) is 6.05. The number of hydrogen-bond acceptors (Lipinski definition) is 3. The zero-order chi connectivity index (χ0) is 14.1. The van der Waals surface area contributed by atoms with Crippen LogP contribution in [0.1, 0.15) is 16.1 Å². The molecule has 20 heavy (non-hydrogen) atoms. The molecule has 0 bridgehead atoms. The van der Waals surface area contributed by atoms with Gasteiger partial charge < -0.3 is 9.73 Å². The van der Waals surface area contributed by atoms with Gasteiger partial charge in [-0.15, -0.1) is 0 Å². The molecule has 0 spiro atoms. The van der Waals surface area contributed by atoms with E-state index in [1.54, 1.807) is 36.5 Å². The molecule has 2 heterocycles. The standard InChI is InChI=1S/C15H11ClN2O2/c1-9-4-5-10(16)7-11(9)18-15(19)14-8-12-13(20-14)3-2-6-17-12/h2-8H,1H3,(H,18,19). The van der Waals surface area contributed by atoms with Crippen LogP contribution in [0.15, 0.2) is 47.0 Å². The SMILES string of the molecule is Cc1ccc(Cl)cc1NC(=O)c1cc2ncccc2o1. The van der Waals surface area contributed by atoms with Gasteiger partial charge in [0, 0.05) is 23.0 Å². The Morgan fingerprint density at radius 3 is 2.95 bits per heavy atom. The van der Waals surface area contributed by atoms with Crippen molar-refractivity contribution < 1.29 is 9.21 Å². The first kappa shape index (κ1) is 12.7. The van der Waals surface area contributed by atoms with Gasteiger partial charge in [0.1, 0.15) is 5.52 Å². The fourth-order valence-corrected chi connectivity index (χ4v) is 2.07. The van der Waals surface area contributed by atoms with Crippen molar-refractivity contribution in [1.29, 1.82) is 0 Å². The van der Waals surface area contributed by atoms with Gasteiger partial charge in [0.15, 0.2) is 11.3 Å². The van der Waals surface area contributed by atoms with Crippen molar-refractivity contribution in [2.45, 2.75) is 6.92 Å². The summed E-state index contributed by atoms with van der Waals surface area (Å²) in [7, 11) is 0. The number of halogens is 1. The minimum atomic E-state index is -0.326. The van der Waals surface area contributed by atoms with Crippen LogP contribution >= 0.6 is 11.6 Å². The predicted molar refractivity (Wildman–Crippen MR) is 78.2 cm³/mol. The summed E-state index contributed by atoms with van der Waals surface area (Å²) in [4.78, 5) is 16.3. The van der Waals surface area contributed by atoms with Gasteiger partial charge >= 0.3 is 0 Å². The third-order valence-electron chi connectivity index (χ3n) is 2.96. The van der Waals surface area contributed by atoms with Gasteiger partial charge in [0.2, 0.25) is 0 Å². The molecule has 0 atom stereocenters. The first-order chi connectivity index (χ1) is 9.63. The zero-order valence-electron chi connectivity index (χ0n) is 10.7. The second-order valence-electron chi connectivity index (χ2n) is 4.41. The average molecular weight is 287 g/mol. The van der Waals surface area contributed by atoms with Gasteiger partial charge in [0.25, 0.3) is 5.91 Å². The Hall–Kier alpha value is -2.33. The monoisotopic (exact) mass is 286 g/mol. The number of nitrogens with one attached hydrogen (secondary N) is 1. The highest BCUT2D eigenvalue weighted by Gasteiger charge is 2.14. The van der Waals surface area contributed by atoms with Crippen LogP contribution in [0.2, 0.25) is 5.02 Å². The highest BCUT2D eigenvalue weighted by Crippen LogP contribution is 2.22. The van der Waals surface area contributed by atoms with Crippen molar-refractivity contribution in [3.8, 4) is 0 Å². The molecule has 3 rings (SSSR count). The summed E-state index contributed by atoms with van der Waals surface area (Å²) in [6.45, 7) is 1.89. The molecule has 0 saturated heterocycles. The number of hydrogen-bond donors (Lipinski definition) is 1. The molecule has 3 aromatic rings. The van der Waals surface area contributed by atoms with Crippen LogP contribution in [0.4, 0.5) is 5.69 Å². The fourth-order valence-electron chi connectivity index (χ4n) is 1.89. The molecule has 0 radical (unpaired) electrons. The van der Waals surface area contributed by atoms with E-state index in [2.05, 4.69) is 10.3 Å². The highest BCUT2D eigenvalue weighted by atomic mass is 35.5. The average Bonchev–Trinajstić information content (AvgIpc) is 2.87. The van der Waals surface area contributed by atoms with Gasteiger partial charge in [-0.2, -0.15) is 0 Å². The Labute approximate surface area is 120 Å². The summed E-state index contributed by atoms with van der Waals surface area (Å²) in [5.41, 5.74) is 2.83. The Balaban J connectivity index is 1.90. The Kier molecular flexibility index (Phi) is 3.16. The van der Waals surface area contributed by atoms with Crippen molar-refractivity contribution in [3.63, 3.8) is 0 Å². The van der Waals surface area contributed by atoms with E-state index in [-0.39, 0.29) is 11.7 Å². The largest absolute Gasteiger partial charge is 0.449 e. The van der Waals surface area contributed by atoms with E-state index in [0.29, 0.717) is 21.8 Å². The summed E-state index contributed by atoms with van der Waals surface area (Å²) < 4.78 is 5.46. The van der Waals surface area contributed by atoms with Gasteiger partial charge in [-0.25, -0.2) is 0 Å². The normalized spacial score (nSPS) is 10.7. The molecule has 0 aliphatic rings. The number of fused-ring (bicyclic) bond motifs is 1. The van der Waals surface area contributed by atoms with E-state index in [9.17, 15) is 4.79 Å². The Morgan fingerprint density at radius 1 is 1.30 bits per heavy atom. The van der Waals surface area contributed by atoms with Gasteiger partial charge in [-0.3, -0.25) is 9.78 Å². The lowest BCUT2D eigenvalue weighted by molar-refractivity contribution is 0.0998. The third-order valence-corrected chi connectivity index (χ3v) is 3.19. The number of aryl methyl sites for hydroxylation is 1. The van der Waals surface area contributed by atoms with Crippen LogP contribution < -0.4 is 5.32 Å². The summed E-state index contributed by atoms with van der Waals surface area (Å²) in [5.74, 6) is -0.105. The second kappa shape index (κ2) is 4.98. The van der Waals surface area contributed by atoms with Crippen molar-refractivity contribution in [2.75, 3.05) is 5.32 Å². The number of amides is 1. The molecule has 100 valence electrons. The van der Waals surface area contributed by atoms with Crippen LogP contribution in [0.3, 0.4) is 0 Å². The Bertz CT molecular complexity index is 762. The fraction of sp³-hybridized carbons (Fsp3) is 0.0667. The number of carbonyl (C=O) groups is 1. The van der Waals surface area contributed by atoms with E-state index in [4.69, 9.17) is 16.0 Å². The van der Waals surface area contributed by atoms with E-state index in [1.165, 1.54) is 0 Å². The maximum Gasteiger partial charge on any atom is 0.291 e. The third kappa shape index (κ3) is 2.38. The number of benzene rings is 1. The number of carbonyl (C=O) groups excluding carboxylic acids is 1. The molecule has 5 heteroatoms. The van der Waals surface area contributed by atoms with Gasteiger partial charge in [-0.05, 0) is 36.8 Å². The molecule has 2 aromatic heterocycles. The van der Waals surface area contributed by atoms with Crippen molar-refractivity contribution >= 4 is 34.3 Å². The van der Waals surface area contributed by atoms with Gasteiger partial charge in [-0.1, -0.05) is 17.7 Å². The minimum absolute atomic E-state index is 0.220. The van der Waals surface area contributed by atoms with Crippen LogP contribution in [-0.2, 0) is 0 Å². The summed E-state index contributed by atoms with van der Waals surface area (Å²) in [5, 5.41) is 3.35. The zero-order valence-corrected chi connectivity index (χ0v) is 11.4. The predicted octanol–water partition coefficient (Wildman–Crippen LogP) is 4.04. The van der Waals surface area contributed by atoms with E-state index < -0.39 is 0 Å².